The maximum Gasteiger partial charge on any atom is 0.342 e. The number of unbranched alkanes of at least 4 members (excludes halogenated alkanes) is 1. The Morgan fingerprint density at radius 3 is 1.98 bits per heavy atom. The van der Waals surface area contributed by atoms with E-state index in [1.807, 2.05) is 19.9 Å². The molecule has 0 aromatic heterocycles. The van der Waals surface area contributed by atoms with Crippen LogP contribution in [0.3, 0.4) is 0 Å². The first-order valence-electron chi connectivity index (χ1n) is 16.8. The molecule has 0 spiro atoms. The lowest BCUT2D eigenvalue weighted by Crippen LogP contribution is -2.34. The number of carbonyl (C=O) groups excluding carboxylic acids is 3. The molecule has 8 nitrogen and oxygen atoms in total. The standard InChI is InChI=1S/C39H54N2O6/c1-5-6-7-8-9-10-11-12-13-14-15-16-17-18-19-20-21-22-34(42)40-27-28-41-35(43)26-24-30(2)23-25-32-37(44)36-33(29-47-39(36)45)31(3)38(32)46-4/h6-7,9-10,12-13,15-16,18-19,23,44H,5,8,11,14,17,20-22,24-29H2,1-4H3,(H,40,42)(H,41,43). The van der Waals surface area contributed by atoms with Crippen molar-refractivity contribution in [3.63, 3.8) is 0 Å². The van der Waals surface area contributed by atoms with Gasteiger partial charge in [-0.1, -0.05) is 79.3 Å². The third-order valence-electron chi connectivity index (χ3n) is 7.75. The maximum absolute atomic E-state index is 12.3. The van der Waals surface area contributed by atoms with Gasteiger partial charge in [0.2, 0.25) is 11.8 Å². The number of carbonyl (C=O) groups is 3. The highest BCUT2D eigenvalue weighted by Crippen LogP contribution is 2.42. The van der Waals surface area contributed by atoms with Crippen molar-refractivity contribution < 1.29 is 29.0 Å². The zero-order valence-electron chi connectivity index (χ0n) is 28.7. The molecule has 1 heterocycles. The molecule has 0 saturated heterocycles. The van der Waals surface area contributed by atoms with Crippen molar-refractivity contribution in [3.8, 4) is 11.5 Å². The van der Waals surface area contributed by atoms with E-state index in [0.29, 0.717) is 55.6 Å². The normalized spacial score (nSPS) is 13.4. The fourth-order valence-corrected chi connectivity index (χ4v) is 5.05. The quantitative estimate of drug-likeness (QED) is 0.0673. The molecule has 2 amide bonds. The lowest BCUT2D eigenvalue weighted by Gasteiger charge is -2.15. The summed E-state index contributed by atoms with van der Waals surface area (Å²) in [6, 6.07) is 0. The Morgan fingerprint density at radius 1 is 0.851 bits per heavy atom. The molecule has 0 radical (unpaired) electrons. The van der Waals surface area contributed by atoms with Gasteiger partial charge in [-0.25, -0.2) is 4.79 Å². The summed E-state index contributed by atoms with van der Waals surface area (Å²) in [6.45, 7) is 6.80. The summed E-state index contributed by atoms with van der Waals surface area (Å²) in [5.41, 5.74) is 3.15. The van der Waals surface area contributed by atoms with Crippen LogP contribution >= 0.6 is 0 Å². The first-order valence-corrected chi connectivity index (χ1v) is 16.8. The average Bonchev–Trinajstić information content (AvgIpc) is 3.46. The van der Waals surface area contributed by atoms with Crippen molar-refractivity contribution in [1.82, 2.24) is 10.6 Å². The van der Waals surface area contributed by atoms with Crippen LogP contribution in [0.2, 0.25) is 0 Å². The van der Waals surface area contributed by atoms with Gasteiger partial charge in [0.1, 0.15) is 23.7 Å². The summed E-state index contributed by atoms with van der Waals surface area (Å²) in [5, 5.41) is 16.4. The van der Waals surface area contributed by atoms with Crippen molar-refractivity contribution >= 4 is 17.8 Å². The topological polar surface area (TPSA) is 114 Å². The van der Waals surface area contributed by atoms with E-state index in [0.717, 1.165) is 56.1 Å². The summed E-state index contributed by atoms with van der Waals surface area (Å²) >= 11 is 0. The molecule has 0 unspecified atom stereocenters. The van der Waals surface area contributed by atoms with Crippen LogP contribution in [0.1, 0.15) is 105 Å². The largest absolute Gasteiger partial charge is 0.507 e. The third-order valence-corrected chi connectivity index (χ3v) is 7.75. The first-order chi connectivity index (χ1) is 22.8. The van der Waals surface area contributed by atoms with Gasteiger partial charge in [0.05, 0.1) is 7.11 Å². The lowest BCUT2D eigenvalue weighted by atomic mass is 9.94. The molecule has 0 aliphatic carbocycles. The van der Waals surface area contributed by atoms with Crippen LogP contribution < -0.4 is 15.4 Å². The minimum Gasteiger partial charge on any atom is -0.507 e. The number of fused-ring (bicyclic) bond motifs is 1. The minimum atomic E-state index is -0.528. The zero-order valence-corrected chi connectivity index (χ0v) is 28.7. The van der Waals surface area contributed by atoms with Gasteiger partial charge in [-0.15, -0.1) is 0 Å². The second-order valence-electron chi connectivity index (χ2n) is 11.5. The number of allylic oxidation sites excluding steroid dienone is 12. The molecule has 0 bridgehead atoms. The SMILES string of the molecule is CCC=CCC=CCC=CCC=CCC=CCCCC(=O)NCCNC(=O)CCC(C)=CCc1c(O)c2c(c(C)c1OC)COC2=O. The molecular weight excluding hydrogens is 592 g/mol. The van der Waals surface area contributed by atoms with Crippen LogP contribution in [0.15, 0.2) is 72.4 Å². The Hall–Kier alpha value is -4.33. The Kier molecular flexibility index (Phi) is 19.1. The van der Waals surface area contributed by atoms with Crippen molar-refractivity contribution in [2.75, 3.05) is 20.2 Å². The summed E-state index contributed by atoms with van der Waals surface area (Å²) in [6.07, 6.45) is 31.8. The zero-order chi connectivity index (χ0) is 34.3. The van der Waals surface area contributed by atoms with Gasteiger partial charge in [0.25, 0.3) is 0 Å². The number of hydrogen-bond acceptors (Lipinski definition) is 6. The maximum atomic E-state index is 12.3. The van der Waals surface area contributed by atoms with Gasteiger partial charge < -0.3 is 25.2 Å². The van der Waals surface area contributed by atoms with Crippen LogP contribution in [0, 0.1) is 6.92 Å². The molecule has 0 fully saturated rings. The number of benzene rings is 1. The lowest BCUT2D eigenvalue weighted by molar-refractivity contribution is -0.122. The number of rotatable bonds is 22. The highest BCUT2D eigenvalue weighted by Gasteiger charge is 2.31. The van der Waals surface area contributed by atoms with Gasteiger partial charge >= 0.3 is 5.97 Å². The third kappa shape index (κ3) is 14.8. The van der Waals surface area contributed by atoms with E-state index in [9.17, 15) is 19.5 Å². The van der Waals surface area contributed by atoms with E-state index in [1.165, 1.54) is 7.11 Å². The smallest absolute Gasteiger partial charge is 0.342 e. The van der Waals surface area contributed by atoms with E-state index in [4.69, 9.17) is 9.47 Å². The second-order valence-corrected chi connectivity index (χ2v) is 11.5. The monoisotopic (exact) mass is 646 g/mol. The van der Waals surface area contributed by atoms with Crippen LogP contribution in [0.4, 0.5) is 0 Å². The van der Waals surface area contributed by atoms with Crippen molar-refractivity contribution in [2.45, 2.75) is 98.0 Å². The minimum absolute atomic E-state index is 0.0147. The Balaban J connectivity index is 1.53. The van der Waals surface area contributed by atoms with Crippen LogP contribution in [0.5, 0.6) is 11.5 Å². The molecule has 2 rings (SSSR count). The Labute approximate surface area is 281 Å². The molecular formula is C39H54N2O6. The molecule has 1 aromatic carbocycles. The van der Waals surface area contributed by atoms with Gasteiger partial charge in [-0.2, -0.15) is 0 Å². The van der Waals surface area contributed by atoms with E-state index in [1.54, 1.807) is 0 Å². The molecule has 47 heavy (non-hydrogen) atoms. The van der Waals surface area contributed by atoms with Crippen molar-refractivity contribution in [2.24, 2.45) is 0 Å². The molecule has 1 aliphatic heterocycles. The van der Waals surface area contributed by atoms with E-state index < -0.39 is 5.97 Å². The molecule has 1 aromatic rings. The predicted octanol–water partition coefficient (Wildman–Crippen LogP) is 7.80. The molecule has 0 saturated carbocycles. The molecule has 0 atom stereocenters. The predicted molar refractivity (Wildman–Crippen MR) is 190 cm³/mol. The Morgan fingerprint density at radius 2 is 1.40 bits per heavy atom. The number of amides is 2. The highest BCUT2D eigenvalue weighted by atomic mass is 16.5. The fraction of sp³-hybridized carbons (Fsp3) is 0.462. The second kappa shape index (κ2) is 23.1. The number of methoxy groups -OCH3 is 1. The van der Waals surface area contributed by atoms with Crippen molar-refractivity contribution in [3.05, 3.63) is 94.7 Å². The summed E-state index contributed by atoms with van der Waals surface area (Å²) in [7, 11) is 1.53. The van der Waals surface area contributed by atoms with Gasteiger partial charge in [-0.3, -0.25) is 9.59 Å². The number of nitrogens with one attached hydrogen (secondary N) is 2. The number of aromatic hydroxyl groups is 1. The number of esters is 1. The molecule has 8 heteroatoms. The van der Waals surface area contributed by atoms with Gasteiger partial charge in [0.15, 0.2) is 0 Å². The van der Waals surface area contributed by atoms with Crippen molar-refractivity contribution in [1.29, 1.82) is 0 Å². The van der Waals surface area contributed by atoms with Crippen LogP contribution in [0.25, 0.3) is 0 Å². The number of phenols is 1. The molecule has 3 N–H and O–H groups in total. The summed E-state index contributed by atoms with van der Waals surface area (Å²) in [5.74, 6) is -0.207. The van der Waals surface area contributed by atoms with Gasteiger partial charge in [-0.05, 0) is 77.2 Å². The van der Waals surface area contributed by atoms with Gasteiger partial charge in [0, 0.05) is 37.1 Å². The number of phenolic OH excluding ortho intramolecular Hbond substituents is 1. The fourth-order valence-electron chi connectivity index (χ4n) is 5.05. The first kappa shape index (κ1) is 38.9. The Bertz CT molecular complexity index is 1350. The van der Waals surface area contributed by atoms with E-state index in [2.05, 4.69) is 78.3 Å². The summed E-state index contributed by atoms with van der Waals surface area (Å²) < 4.78 is 10.6. The van der Waals surface area contributed by atoms with E-state index in [-0.39, 0.29) is 29.7 Å². The number of hydrogen-bond donors (Lipinski definition) is 3. The van der Waals surface area contributed by atoms with Crippen LogP contribution in [-0.4, -0.2) is 43.1 Å². The molecule has 256 valence electrons. The average molecular weight is 647 g/mol. The highest BCUT2D eigenvalue weighted by molar-refractivity contribution is 5.98. The summed E-state index contributed by atoms with van der Waals surface area (Å²) in [4.78, 5) is 36.5. The number of cyclic esters (lactones) is 1. The molecule has 1 aliphatic rings. The number of ether oxygens (including phenoxy) is 2. The van der Waals surface area contributed by atoms with Crippen LogP contribution in [-0.2, 0) is 27.4 Å². The van der Waals surface area contributed by atoms with E-state index >= 15 is 0 Å².